The molecular weight excluding hydrogens is 274 g/mol. The number of piperazine rings is 1. The summed E-state index contributed by atoms with van der Waals surface area (Å²) in [4.78, 5) is 25.8. The lowest BCUT2D eigenvalue weighted by Crippen LogP contribution is -2.56. The molecule has 2 aromatic heterocycles. The number of carbonyl (C=O) groups excluding carboxylic acids is 2. The summed E-state index contributed by atoms with van der Waals surface area (Å²) < 4.78 is 10.3. The summed E-state index contributed by atoms with van der Waals surface area (Å²) in [7, 11) is 0. The fourth-order valence-electron chi connectivity index (χ4n) is 2.42. The molecule has 1 aliphatic rings. The van der Waals surface area contributed by atoms with Gasteiger partial charge in [0.2, 0.25) is 11.7 Å². The van der Waals surface area contributed by atoms with Gasteiger partial charge in [-0.05, 0) is 18.6 Å². The Bertz CT molecular complexity index is 647. The molecule has 21 heavy (non-hydrogen) atoms. The molecule has 0 aromatic carbocycles. The van der Waals surface area contributed by atoms with E-state index >= 15 is 0 Å². The molecule has 3 rings (SSSR count). The standard InChI is InChI=1S/C14H15N3O4/c1-2-10-13(18)15-5-6-17(10)14(19)9-8-12(21-16-9)11-4-3-7-20-11/h3-4,7-8,10H,2,5-6H2,1H3,(H,15,18). The molecule has 1 fully saturated rings. The lowest BCUT2D eigenvalue weighted by Gasteiger charge is -2.33. The van der Waals surface area contributed by atoms with Gasteiger partial charge in [-0.2, -0.15) is 0 Å². The number of hydrogen-bond donors (Lipinski definition) is 1. The van der Waals surface area contributed by atoms with E-state index in [9.17, 15) is 9.59 Å². The van der Waals surface area contributed by atoms with Crippen LogP contribution in [0.3, 0.4) is 0 Å². The number of aromatic nitrogens is 1. The highest BCUT2D eigenvalue weighted by atomic mass is 16.5. The maximum absolute atomic E-state index is 12.5. The van der Waals surface area contributed by atoms with Gasteiger partial charge in [0.15, 0.2) is 11.5 Å². The first kappa shape index (κ1) is 13.4. The molecule has 0 saturated carbocycles. The van der Waals surface area contributed by atoms with Gasteiger partial charge in [0.1, 0.15) is 6.04 Å². The average molecular weight is 289 g/mol. The van der Waals surface area contributed by atoms with Crippen molar-refractivity contribution in [1.29, 1.82) is 0 Å². The minimum absolute atomic E-state index is 0.133. The van der Waals surface area contributed by atoms with E-state index in [1.165, 1.54) is 17.2 Å². The van der Waals surface area contributed by atoms with Crippen LogP contribution in [-0.4, -0.2) is 41.0 Å². The molecule has 0 spiro atoms. The fraction of sp³-hybridized carbons (Fsp3) is 0.357. The number of rotatable bonds is 3. The topological polar surface area (TPSA) is 88.6 Å². The highest BCUT2D eigenvalue weighted by Gasteiger charge is 2.33. The molecule has 7 nitrogen and oxygen atoms in total. The van der Waals surface area contributed by atoms with Gasteiger partial charge in [-0.1, -0.05) is 12.1 Å². The molecule has 2 amide bonds. The van der Waals surface area contributed by atoms with Crippen LogP contribution in [0.1, 0.15) is 23.8 Å². The number of amides is 2. The third-order valence-electron chi connectivity index (χ3n) is 3.47. The van der Waals surface area contributed by atoms with E-state index in [1.807, 2.05) is 6.92 Å². The minimum atomic E-state index is -0.463. The Morgan fingerprint density at radius 2 is 2.38 bits per heavy atom. The molecule has 0 aliphatic carbocycles. The SMILES string of the molecule is CCC1C(=O)NCCN1C(=O)c1cc(-c2ccco2)on1. The second-order valence-corrected chi connectivity index (χ2v) is 4.77. The third kappa shape index (κ3) is 2.42. The first-order valence-corrected chi connectivity index (χ1v) is 6.80. The van der Waals surface area contributed by atoms with Crippen molar-refractivity contribution in [2.24, 2.45) is 0 Å². The van der Waals surface area contributed by atoms with Gasteiger partial charge < -0.3 is 19.2 Å². The van der Waals surface area contributed by atoms with Crippen LogP contribution in [-0.2, 0) is 4.79 Å². The number of carbonyl (C=O) groups is 2. The molecule has 0 radical (unpaired) electrons. The van der Waals surface area contributed by atoms with Gasteiger partial charge in [-0.3, -0.25) is 9.59 Å². The van der Waals surface area contributed by atoms with Crippen LogP contribution >= 0.6 is 0 Å². The molecule has 2 aromatic rings. The lowest BCUT2D eigenvalue weighted by atomic mass is 10.1. The largest absolute Gasteiger partial charge is 0.461 e. The smallest absolute Gasteiger partial charge is 0.276 e. The van der Waals surface area contributed by atoms with Crippen molar-refractivity contribution in [3.05, 3.63) is 30.2 Å². The zero-order valence-electron chi connectivity index (χ0n) is 11.5. The Kier molecular flexibility index (Phi) is 3.47. The Hall–Kier alpha value is -2.57. The van der Waals surface area contributed by atoms with Crippen LogP contribution in [0.25, 0.3) is 11.5 Å². The van der Waals surface area contributed by atoms with Crippen molar-refractivity contribution >= 4 is 11.8 Å². The van der Waals surface area contributed by atoms with Crippen LogP contribution in [0.5, 0.6) is 0 Å². The van der Waals surface area contributed by atoms with Gasteiger partial charge in [-0.25, -0.2) is 0 Å². The normalized spacial score (nSPS) is 18.6. The van der Waals surface area contributed by atoms with E-state index < -0.39 is 6.04 Å². The number of furan rings is 1. The van der Waals surface area contributed by atoms with Gasteiger partial charge in [-0.15, -0.1) is 0 Å². The summed E-state index contributed by atoms with van der Waals surface area (Å²) in [6, 6.07) is 4.51. The Labute approximate surface area is 120 Å². The van der Waals surface area contributed by atoms with Crippen molar-refractivity contribution < 1.29 is 18.5 Å². The van der Waals surface area contributed by atoms with E-state index in [4.69, 9.17) is 8.94 Å². The predicted octanol–water partition coefficient (Wildman–Crippen LogP) is 1.29. The van der Waals surface area contributed by atoms with Gasteiger partial charge in [0, 0.05) is 19.2 Å². The van der Waals surface area contributed by atoms with E-state index in [1.54, 1.807) is 12.1 Å². The molecule has 1 unspecified atom stereocenters. The van der Waals surface area contributed by atoms with Crippen LogP contribution in [0, 0.1) is 0 Å². The van der Waals surface area contributed by atoms with E-state index in [-0.39, 0.29) is 17.5 Å². The molecule has 110 valence electrons. The van der Waals surface area contributed by atoms with Gasteiger partial charge in [0.05, 0.1) is 6.26 Å². The molecule has 7 heteroatoms. The highest BCUT2D eigenvalue weighted by Crippen LogP contribution is 2.22. The average Bonchev–Trinajstić information content (AvgIpc) is 3.16. The predicted molar refractivity (Wildman–Crippen MR) is 72.3 cm³/mol. The first-order chi connectivity index (χ1) is 10.2. The molecule has 1 atom stereocenters. The second-order valence-electron chi connectivity index (χ2n) is 4.77. The van der Waals surface area contributed by atoms with Crippen LogP contribution in [0.15, 0.2) is 33.4 Å². The summed E-state index contributed by atoms with van der Waals surface area (Å²) in [6.45, 7) is 2.78. The number of nitrogens with one attached hydrogen (secondary N) is 1. The first-order valence-electron chi connectivity index (χ1n) is 6.80. The van der Waals surface area contributed by atoms with Crippen LogP contribution in [0.2, 0.25) is 0 Å². The van der Waals surface area contributed by atoms with E-state index in [2.05, 4.69) is 10.5 Å². The van der Waals surface area contributed by atoms with Crippen molar-refractivity contribution in [3.8, 4) is 11.5 Å². The summed E-state index contributed by atoms with van der Waals surface area (Å²) in [5.74, 6) is 0.452. The van der Waals surface area contributed by atoms with Crippen molar-refractivity contribution in [2.75, 3.05) is 13.1 Å². The third-order valence-corrected chi connectivity index (χ3v) is 3.47. The molecule has 1 aliphatic heterocycles. The lowest BCUT2D eigenvalue weighted by molar-refractivity contribution is -0.127. The summed E-state index contributed by atoms with van der Waals surface area (Å²) in [6.07, 6.45) is 2.07. The van der Waals surface area contributed by atoms with Crippen molar-refractivity contribution in [2.45, 2.75) is 19.4 Å². The Balaban J connectivity index is 1.83. The van der Waals surface area contributed by atoms with Crippen molar-refractivity contribution in [3.63, 3.8) is 0 Å². The fourth-order valence-corrected chi connectivity index (χ4v) is 2.42. The van der Waals surface area contributed by atoms with Crippen LogP contribution in [0.4, 0.5) is 0 Å². The summed E-state index contributed by atoms with van der Waals surface area (Å²) in [5.41, 5.74) is 0.176. The highest BCUT2D eigenvalue weighted by molar-refractivity contribution is 5.97. The van der Waals surface area contributed by atoms with E-state index in [0.29, 0.717) is 31.0 Å². The van der Waals surface area contributed by atoms with Gasteiger partial charge >= 0.3 is 0 Å². The number of nitrogens with zero attached hydrogens (tertiary/aromatic N) is 2. The quantitative estimate of drug-likeness (QED) is 0.919. The van der Waals surface area contributed by atoms with Gasteiger partial charge in [0.25, 0.3) is 5.91 Å². The maximum atomic E-state index is 12.5. The maximum Gasteiger partial charge on any atom is 0.276 e. The summed E-state index contributed by atoms with van der Waals surface area (Å²) >= 11 is 0. The Morgan fingerprint density at radius 3 is 3.10 bits per heavy atom. The van der Waals surface area contributed by atoms with Crippen LogP contribution < -0.4 is 5.32 Å². The molecule has 1 saturated heterocycles. The van der Waals surface area contributed by atoms with Crippen molar-refractivity contribution in [1.82, 2.24) is 15.4 Å². The monoisotopic (exact) mass is 289 g/mol. The van der Waals surface area contributed by atoms with E-state index in [0.717, 1.165) is 0 Å². The molecular formula is C14H15N3O4. The second kappa shape index (κ2) is 5.43. The summed E-state index contributed by atoms with van der Waals surface area (Å²) in [5, 5.41) is 6.54. The zero-order valence-corrected chi connectivity index (χ0v) is 11.5. The molecule has 3 heterocycles. The zero-order chi connectivity index (χ0) is 14.8. The minimum Gasteiger partial charge on any atom is -0.461 e. The molecule has 1 N–H and O–H groups in total. The number of hydrogen-bond acceptors (Lipinski definition) is 5. The molecule has 0 bridgehead atoms. The Morgan fingerprint density at radius 1 is 1.52 bits per heavy atom.